The van der Waals surface area contributed by atoms with Crippen LogP contribution in [0.25, 0.3) is 0 Å². The smallest absolute Gasteiger partial charge is 0.255 e. The third-order valence-corrected chi connectivity index (χ3v) is 4.95. The van der Waals surface area contributed by atoms with Crippen LogP contribution in [0.1, 0.15) is 24.2 Å². The summed E-state index contributed by atoms with van der Waals surface area (Å²) < 4.78 is 13.8. The highest BCUT2D eigenvalue weighted by Crippen LogP contribution is 2.31. The van der Waals surface area contributed by atoms with Gasteiger partial charge in [0.15, 0.2) is 0 Å². The summed E-state index contributed by atoms with van der Waals surface area (Å²) in [6.07, 6.45) is 1.48. The number of anilines is 2. The Kier molecular flexibility index (Phi) is 5.44. The molecule has 3 rings (SSSR count). The molecule has 138 valence electrons. The van der Waals surface area contributed by atoms with Crippen molar-refractivity contribution in [1.29, 1.82) is 0 Å². The van der Waals surface area contributed by atoms with Gasteiger partial charge in [0, 0.05) is 37.9 Å². The minimum Gasteiger partial charge on any atom is -0.367 e. The number of halogens is 2. The second-order valence-corrected chi connectivity index (χ2v) is 7.18. The summed E-state index contributed by atoms with van der Waals surface area (Å²) in [6.45, 7) is 6.14. The number of benzene rings is 1. The van der Waals surface area contributed by atoms with Gasteiger partial charge in [-0.3, -0.25) is 9.69 Å². The van der Waals surface area contributed by atoms with Crippen LogP contribution in [-0.4, -0.2) is 48.0 Å². The van der Waals surface area contributed by atoms with Gasteiger partial charge in [-0.15, -0.1) is 0 Å². The average Bonchev–Trinajstić information content (AvgIpc) is 2.54. The zero-order valence-electron chi connectivity index (χ0n) is 15.0. The number of aromatic nitrogens is 1. The largest absolute Gasteiger partial charge is 0.367 e. The fourth-order valence-corrected chi connectivity index (χ4v) is 3.17. The Labute approximate surface area is 157 Å². The summed E-state index contributed by atoms with van der Waals surface area (Å²) in [5.74, 6) is -0.648. The lowest BCUT2D eigenvalue weighted by Crippen LogP contribution is -2.60. The molecule has 2 heterocycles. The topological polar surface area (TPSA) is 48.5 Å². The van der Waals surface area contributed by atoms with Gasteiger partial charge >= 0.3 is 0 Å². The second-order valence-electron chi connectivity index (χ2n) is 6.80. The molecule has 0 saturated carbocycles. The van der Waals surface area contributed by atoms with Gasteiger partial charge in [-0.25, -0.2) is 9.37 Å². The van der Waals surface area contributed by atoms with Crippen LogP contribution in [0.5, 0.6) is 0 Å². The van der Waals surface area contributed by atoms with Gasteiger partial charge in [0.05, 0.1) is 17.4 Å². The number of hydrogen-bond acceptors (Lipinski definition) is 4. The number of likely N-dealkylation sites (N-methyl/N-ethyl adjacent to an activating group) is 1. The zero-order chi connectivity index (χ0) is 18.8. The lowest BCUT2D eigenvalue weighted by Gasteiger charge is -2.47. The molecular weight excluding hydrogens is 355 g/mol. The summed E-state index contributed by atoms with van der Waals surface area (Å²) in [5, 5.41) is 3.10. The van der Waals surface area contributed by atoms with Crippen molar-refractivity contribution < 1.29 is 9.18 Å². The summed E-state index contributed by atoms with van der Waals surface area (Å²) in [5.41, 5.74) is 1.62. The van der Waals surface area contributed by atoms with E-state index in [-0.39, 0.29) is 22.9 Å². The number of rotatable bonds is 5. The van der Waals surface area contributed by atoms with Gasteiger partial charge in [-0.05, 0) is 44.2 Å². The molecule has 1 fully saturated rings. The normalized spacial score (nSPS) is 15.0. The number of nitrogens with one attached hydrogen (secondary N) is 1. The molecule has 1 aliphatic heterocycles. The van der Waals surface area contributed by atoms with Crippen LogP contribution in [0, 0.1) is 5.82 Å². The number of amides is 1. The van der Waals surface area contributed by atoms with Crippen LogP contribution in [0.15, 0.2) is 36.5 Å². The van der Waals surface area contributed by atoms with E-state index in [9.17, 15) is 9.18 Å². The second kappa shape index (κ2) is 7.60. The van der Waals surface area contributed by atoms with Crippen molar-refractivity contribution in [2.24, 2.45) is 0 Å². The van der Waals surface area contributed by atoms with E-state index in [4.69, 9.17) is 11.6 Å². The number of nitrogens with zero attached hydrogens (tertiary/aromatic N) is 3. The van der Waals surface area contributed by atoms with E-state index >= 15 is 0 Å². The highest BCUT2D eigenvalue weighted by atomic mass is 35.5. The van der Waals surface area contributed by atoms with Crippen molar-refractivity contribution in [3.05, 3.63) is 53.1 Å². The molecule has 1 aromatic heterocycles. The molecule has 1 amide bonds. The van der Waals surface area contributed by atoms with Crippen LogP contribution in [0.4, 0.5) is 15.8 Å². The minimum atomic E-state index is -0.336. The van der Waals surface area contributed by atoms with Crippen LogP contribution < -0.4 is 10.2 Å². The molecule has 0 radical (unpaired) electrons. The van der Waals surface area contributed by atoms with Crippen LogP contribution >= 0.6 is 11.6 Å². The molecule has 1 N–H and O–H groups in total. The first-order valence-corrected chi connectivity index (χ1v) is 8.92. The highest BCUT2D eigenvalue weighted by Gasteiger charge is 2.32. The van der Waals surface area contributed by atoms with Crippen molar-refractivity contribution >= 4 is 28.9 Å². The minimum absolute atomic E-state index is 0.248. The van der Waals surface area contributed by atoms with Crippen molar-refractivity contribution in [2.45, 2.75) is 25.9 Å². The highest BCUT2D eigenvalue weighted by molar-refractivity contribution is 6.29. The molecule has 1 aromatic carbocycles. The first-order chi connectivity index (χ1) is 12.3. The third kappa shape index (κ3) is 3.97. The molecule has 0 aliphatic carbocycles. The number of hydrogen-bond donors (Lipinski definition) is 1. The Hall–Kier alpha value is -2.18. The summed E-state index contributed by atoms with van der Waals surface area (Å²) in [6, 6.07) is 8.23. The molecule has 1 aliphatic rings. The van der Waals surface area contributed by atoms with Gasteiger partial charge < -0.3 is 10.2 Å². The van der Waals surface area contributed by atoms with E-state index in [2.05, 4.69) is 29.0 Å². The first-order valence-electron chi connectivity index (χ1n) is 8.54. The molecule has 0 unspecified atom stereocenters. The van der Waals surface area contributed by atoms with E-state index in [0.29, 0.717) is 23.0 Å². The number of carbonyl (C=O) groups excluding carboxylic acids is 1. The lowest BCUT2D eigenvalue weighted by atomic mass is 10.0. The summed E-state index contributed by atoms with van der Waals surface area (Å²) >= 11 is 5.85. The van der Waals surface area contributed by atoms with E-state index in [1.807, 2.05) is 11.9 Å². The Morgan fingerprint density at radius 1 is 1.35 bits per heavy atom. The fraction of sp³-hybridized carbons (Fsp3) is 0.368. The lowest BCUT2D eigenvalue weighted by molar-refractivity contribution is 0.102. The SMILES string of the molecule is CC(C)N1CC(N(C)c2cc(F)ccc2NC(=O)c2ccnc(Cl)c2)C1. The number of likely N-dealkylation sites (tertiary alicyclic amines) is 1. The molecule has 0 spiro atoms. The fourth-order valence-electron chi connectivity index (χ4n) is 2.99. The standard InChI is InChI=1S/C19H22ClFN4O/c1-12(2)25-10-15(11-25)24(3)17-9-14(21)4-5-16(17)23-19(26)13-6-7-22-18(20)8-13/h4-9,12,15H,10-11H2,1-3H3,(H,23,26). The molecular formula is C19H22ClFN4O. The zero-order valence-corrected chi connectivity index (χ0v) is 15.8. The van der Waals surface area contributed by atoms with Gasteiger partial charge in [0.2, 0.25) is 0 Å². The maximum atomic E-state index is 13.8. The van der Waals surface area contributed by atoms with Crippen molar-refractivity contribution in [2.75, 3.05) is 30.4 Å². The number of carbonyl (C=O) groups is 1. The van der Waals surface area contributed by atoms with Crippen molar-refractivity contribution in [3.8, 4) is 0 Å². The van der Waals surface area contributed by atoms with Gasteiger partial charge in [0.25, 0.3) is 5.91 Å². The molecule has 1 saturated heterocycles. The maximum Gasteiger partial charge on any atom is 0.255 e. The number of pyridine rings is 1. The first kappa shape index (κ1) is 18.6. The monoisotopic (exact) mass is 376 g/mol. The molecule has 5 nitrogen and oxygen atoms in total. The van der Waals surface area contributed by atoms with Gasteiger partial charge in [0.1, 0.15) is 11.0 Å². The molecule has 0 atom stereocenters. The van der Waals surface area contributed by atoms with E-state index < -0.39 is 0 Å². The van der Waals surface area contributed by atoms with E-state index in [1.54, 1.807) is 12.1 Å². The van der Waals surface area contributed by atoms with Gasteiger partial charge in [-0.2, -0.15) is 0 Å². The van der Waals surface area contributed by atoms with Crippen molar-refractivity contribution in [3.63, 3.8) is 0 Å². The molecule has 0 bridgehead atoms. The third-order valence-electron chi connectivity index (χ3n) is 4.75. The van der Waals surface area contributed by atoms with Crippen LogP contribution in [-0.2, 0) is 0 Å². The van der Waals surface area contributed by atoms with Gasteiger partial charge in [-0.1, -0.05) is 11.6 Å². The van der Waals surface area contributed by atoms with E-state index in [1.165, 1.54) is 24.4 Å². The molecule has 7 heteroatoms. The average molecular weight is 377 g/mol. The van der Waals surface area contributed by atoms with Crippen molar-refractivity contribution in [1.82, 2.24) is 9.88 Å². The Morgan fingerprint density at radius 3 is 2.73 bits per heavy atom. The summed E-state index contributed by atoms with van der Waals surface area (Å²) in [7, 11) is 1.93. The van der Waals surface area contributed by atoms with Crippen LogP contribution in [0.3, 0.4) is 0 Å². The predicted octanol–water partition coefficient (Wildman–Crippen LogP) is 3.66. The van der Waals surface area contributed by atoms with E-state index in [0.717, 1.165) is 13.1 Å². The van der Waals surface area contributed by atoms with Crippen LogP contribution in [0.2, 0.25) is 5.15 Å². The Balaban J connectivity index is 1.79. The Morgan fingerprint density at radius 2 is 2.08 bits per heavy atom. The molecule has 2 aromatic rings. The summed E-state index contributed by atoms with van der Waals surface area (Å²) in [4.78, 5) is 20.7. The Bertz CT molecular complexity index is 808. The molecule has 26 heavy (non-hydrogen) atoms. The maximum absolute atomic E-state index is 13.8. The quantitative estimate of drug-likeness (QED) is 0.809. The predicted molar refractivity (Wildman–Crippen MR) is 103 cm³/mol.